The molecule has 4 aliphatic carbocycles. The maximum absolute atomic E-state index is 12.0. The lowest BCUT2D eigenvalue weighted by Crippen LogP contribution is -2.48. The smallest absolute Gasteiger partial charge is 0.407 e. The minimum Gasteiger partial charge on any atom is -0.493 e. The molecule has 0 unspecified atom stereocenters. The van der Waals surface area contributed by atoms with Crippen LogP contribution in [0.3, 0.4) is 0 Å². The number of benzene rings is 2. The zero-order valence-electron chi connectivity index (χ0n) is 26.0. The molecule has 6 rings (SSSR count). The van der Waals surface area contributed by atoms with Crippen LogP contribution in [-0.4, -0.2) is 37.4 Å². The highest BCUT2D eigenvalue weighted by Gasteiger charge is 2.52. The molecule has 1 amide bonds. The first-order valence-corrected chi connectivity index (χ1v) is 15.7. The van der Waals surface area contributed by atoms with Crippen molar-refractivity contribution in [1.29, 1.82) is 0 Å². The van der Waals surface area contributed by atoms with Crippen LogP contribution in [0.1, 0.15) is 89.3 Å². The highest BCUT2D eigenvalue weighted by Crippen LogP contribution is 2.61. The molecule has 0 aliphatic heterocycles. The molecule has 2 aromatic rings. The SMILES string of the molecule is CCOC(=O)/C=C/c1ccc(-c2ccc(C)c(C34CC5CC(CC(C5)C3)C4)c2)c(OCCCNC(=O)OC(C)(C)C)c1. The number of aryl methyl sites for hydroxylation is 1. The van der Waals surface area contributed by atoms with Gasteiger partial charge in [-0.05, 0) is 137 Å². The van der Waals surface area contributed by atoms with E-state index in [1.54, 1.807) is 13.0 Å². The predicted octanol–water partition coefficient (Wildman–Crippen LogP) is 8.00. The van der Waals surface area contributed by atoms with Crippen LogP contribution in [0.4, 0.5) is 4.79 Å². The number of alkyl carbamates (subject to hydrolysis) is 1. The third-order valence-corrected chi connectivity index (χ3v) is 9.11. The summed E-state index contributed by atoms with van der Waals surface area (Å²) >= 11 is 0. The first-order valence-electron chi connectivity index (χ1n) is 15.7. The van der Waals surface area contributed by atoms with E-state index in [0.29, 0.717) is 31.6 Å². The summed E-state index contributed by atoms with van der Waals surface area (Å²) in [5.41, 5.74) is 5.76. The van der Waals surface area contributed by atoms with E-state index in [0.717, 1.165) is 40.2 Å². The van der Waals surface area contributed by atoms with Gasteiger partial charge in [0, 0.05) is 18.2 Å². The van der Waals surface area contributed by atoms with Crippen molar-refractivity contribution in [3.8, 4) is 16.9 Å². The topological polar surface area (TPSA) is 73.9 Å². The van der Waals surface area contributed by atoms with Crippen LogP contribution in [0.2, 0.25) is 0 Å². The normalized spacial score (nSPS) is 24.5. The number of carbonyl (C=O) groups is 2. The molecular weight excluding hydrogens is 526 g/mol. The molecule has 226 valence electrons. The molecule has 0 radical (unpaired) electrons. The summed E-state index contributed by atoms with van der Waals surface area (Å²) in [4.78, 5) is 23.9. The summed E-state index contributed by atoms with van der Waals surface area (Å²) in [7, 11) is 0. The van der Waals surface area contributed by atoms with Crippen LogP contribution >= 0.6 is 0 Å². The van der Waals surface area contributed by atoms with Crippen LogP contribution in [0.25, 0.3) is 17.2 Å². The fraction of sp³-hybridized carbons (Fsp3) is 0.556. The van der Waals surface area contributed by atoms with Gasteiger partial charge in [0.2, 0.25) is 0 Å². The average Bonchev–Trinajstić information content (AvgIpc) is 2.90. The largest absolute Gasteiger partial charge is 0.493 e. The average molecular weight is 574 g/mol. The summed E-state index contributed by atoms with van der Waals surface area (Å²) in [6.07, 6.45) is 11.7. The molecule has 6 heteroatoms. The zero-order chi connectivity index (χ0) is 29.9. The second kappa shape index (κ2) is 12.5. The monoisotopic (exact) mass is 573 g/mol. The summed E-state index contributed by atoms with van der Waals surface area (Å²) in [5, 5.41) is 2.80. The number of hydrogen-bond donors (Lipinski definition) is 1. The third-order valence-electron chi connectivity index (χ3n) is 9.11. The molecule has 4 bridgehead atoms. The van der Waals surface area contributed by atoms with E-state index in [2.05, 4.69) is 36.5 Å². The van der Waals surface area contributed by atoms with Gasteiger partial charge in [-0.15, -0.1) is 0 Å². The minimum atomic E-state index is -0.532. The van der Waals surface area contributed by atoms with E-state index in [4.69, 9.17) is 14.2 Å². The first-order chi connectivity index (χ1) is 20.0. The van der Waals surface area contributed by atoms with Crippen molar-refractivity contribution in [2.75, 3.05) is 19.8 Å². The number of esters is 1. The lowest BCUT2D eigenvalue weighted by molar-refractivity contribution is -0.137. The molecule has 0 aromatic heterocycles. The highest BCUT2D eigenvalue weighted by molar-refractivity contribution is 5.87. The number of amides is 1. The zero-order valence-corrected chi connectivity index (χ0v) is 26.0. The van der Waals surface area contributed by atoms with Crippen LogP contribution in [-0.2, 0) is 19.7 Å². The van der Waals surface area contributed by atoms with Gasteiger partial charge in [-0.3, -0.25) is 0 Å². The number of ether oxygens (including phenoxy) is 3. The fourth-order valence-corrected chi connectivity index (χ4v) is 7.92. The molecule has 1 N–H and O–H groups in total. The van der Waals surface area contributed by atoms with E-state index in [-0.39, 0.29) is 5.97 Å². The molecule has 0 heterocycles. The van der Waals surface area contributed by atoms with Crippen molar-refractivity contribution >= 4 is 18.1 Å². The van der Waals surface area contributed by atoms with Crippen molar-refractivity contribution in [1.82, 2.24) is 5.32 Å². The molecule has 2 aromatic carbocycles. The molecule has 4 fully saturated rings. The molecular formula is C36H47NO5. The summed E-state index contributed by atoms with van der Waals surface area (Å²) in [6, 6.07) is 13.0. The second-order valence-corrected chi connectivity index (χ2v) is 13.7. The first kappa shape index (κ1) is 30.2. The minimum absolute atomic E-state index is 0.311. The van der Waals surface area contributed by atoms with Crippen molar-refractivity contribution in [2.24, 2.45) is 17.8 Å². The van der Waals surface area contributed by atoms with E-state index in [1.165, 1.54) is 55.7 Å². The Hall–Kier alpha value is -3.28. The van der Waals surface area contributed by atoms with Crippen LogP contribution in [0.15, 0.2) is 42.5 Å². The summed E-state index contributed by atoms with van der Waals surface area (Å²) in [6.45, 7) is 10.8. The lowest BCUT2D eigenvalue weighted by Gasteiger charge is -2.57. The van der Waals surface area contributed by atoms with E-state index >= 15 is 0 Å². The van der Waals surface area contributed by atoms with E-state index in [9.17, 15) is 9.59 Å². The molecule has 0 saturated heterocycles. The van der Waals surface area contributed by atoms with Gasteiger partial charge >= 0.3 is 12.1 Å². The van der Waals surface area contributed by atoms with Crippen LogP contribution in [0.5, 0.6) is 5.75 Å². The van der Waals surface area contributed by atoms with Gasteiger partial charge in [0.1, 0.15) is 11.4 Å². The highest BCUT2D eigenvalue weighted by atomic mass is 16.6. The quantitative estimate of drug-likeness (QED) is 0.177. The molecule has 42 heavy (non-hydrogen) atoms. The van der Waals surface area contributed by atoms with Crippen molar-refractivity contribution < 1.29 is 23.8 Å². The number of nitrogens with one attached hydrogen (secondary N) is 1. The Kier molecular flexibility index (Phi) is 9.00. The van der Waals surface area contributed by atoms with Crippen molar-refractivity contribution in [3.63, 3.8) is 0 Å². The Bertz CT molecular complexity index is 1290. The Morgan fingerprint density at radius 1 is 1.00 bits per heavy atom. The van der Waals surface area contributed by atoms with Crippen LogP contribution in [0, 0.1) is 24.7 Å². The molecule has 4 aliphatic rings. The number of rotatable bonds is 10. The Morgan fingerprint density at radius 3 is 2.33 bits per heavy atom. The maximum Gasteiger partial charge on any atom is 0.407 e. The Morgan fingerprint density at radius 2 is 1.69 bits per heavy atom. The van der Waals surface area contributed by atoms with Crippen molar-refractivity contribution in [3.05, 3.63) is 59.2 Å². The van der Waals surface area contributed by atoms with Gasteiger partial charge < -0.3 is 19.5 Å². The number of hydrogen-bond acceptors (Lipinski definition) is 5. The predicted molar refractivity (Wildman–Crippen MR) is 166 cm³/mol. The molecule has 6 nitrogen and oxygen atoms in total. The van der Waals surface area contributed by atoms with E-state index in [1.807, 2.05) is 32.9 Å². The van der Waals surface area contributed by atoms with Gasteiger partial charge in [0.25, 0.3) is 0 Å². The van der Waals surface area contributed by atoms with Gasteiger partial charge in [-0.1, -0.05) is 30.3 Å². The lowest BCUT2D eigenvalue weighted by atomic mass is 9.47. The number of carbonyl (C=O) groups excluding carboxylic acids is 2. The molecule has 0 spiro atoms. The Balaban J connectivity index is 1.37. The molecule has 0 atom stereocenters. The summed E-state index contributed by atoms with van der Waals surface area (Å²) < 4.78 is 16.7. The van der Waals surface area contributed by atoms with E-state index < -0.39 is 11.7 Å². The standard InChI is InChI=1S/C36H47NO5/c1-6-40-33(38)13-10-25-9-12-30(32(19-25)41-15-7-14-37-34(39)42-35(3,4)5)29-11-8-24(2)31(20-29)36-21-26-16-27(22-36)18-28(17-26)23-36/h8-13,19-20,26-28H,6-7,14-18,21-23H2,1-5H3,(H,37,39)/b13-10+. The van der Waals surface area contributed by atoms with Gasteiger partial charge in [0.05, 0.1) is 13.2 Å². The Labute approximate surface area is 251 Å². The summed E-state index contributed by atoms with van der Waals surface area (Å²) in [5.74, 6) is 3.06. The molecule has 4 saturated carbocycles. The second-order valence-electron chi connectivity index (χ2n) is 13.7. The van der Waals surface area contributed by atoms with Crippen LogP contribution < -0.4 is 10.1 Å². The van der Waals surface area contributed by atoms with Gasteiger partial charge in [-0.2, -0.15) is 0 Å². The van der Waals surface area contributed by atoms with Gasteiger partial charge in [0.15, 0.2) is 0 Å². The van der Waals surface area contributed by atoms with Gasteiger partial charge in [-0.25, -0.2) is 9.59 Å². The van der Waals surface area contributed by atoms with Crippen molar-refractivity contribution in [2.45, 2.75) is 90.6 Å². The maximum atomic E-state index is 12.0. The fourth-order valence-electron chi connectivity index (χ4n) is 7.92. The third kappa shape index (κ3) is 7.19.